The number of hydrogen-bond donors (Lipinski definition) is 0. The van der Waals surface area contributed by atoms with E-state index in [4.69, 9.17) is 16.3 Å². The summed E-state index contributed by atoms with van der Waals surface area (Å²) in [7, 11) is 0. The maximum absolute atomic E-state index is 5.91. The fourth-order valence-corrected chi connectivity index (χ4v) is 3.03. The maximum atomic E-state index is 5.91. The van der Waals surface area contributed by atoms with Crippen LogP contribution < -0.4 is 2.81 Å². The summed E-state index contributed by atoms with van der Waals surface area (Å²) in [6.45, 7) is 0.911. The van der Waals surface area contributed by atoms with E-state index in [1.165, 1.54) is 14.8 Å². The first-order valence-electron chi connectivity index (χ1n) is 4.65. The van der Waals surface area contributed by atoms with Gasteiger partial charge in [0.15, 0.2) is 0 Å². The van der Waals surface area contributed by atoms with Gasteiger partial charge in [0.05, 0.1) is 0 Å². The van der Waals surface area contributed by atoms with E-state index in [1.807, 2.05) is 6.07 Å². The van der Waals surface area contributed by atoms with Crippen molar-refractivity contribution in [3.05, 3.63) is 28.8 Å². The molecule has 1 aromatic rings. The molecule has 1 atom stereocenters. The van der Waals surface area contributed by atoms with Crippen LogP contribution in [0.15, 0.2) is 18.2 Å². The second-order valence-electron chi connectivity index (χ2n) is 3.50. The van der Waals surface area contributed by atoms with Gasteiger partial charge in [0.25, 0.3) is 0 Å². The number of hydrogen-bond acceptors (Lipinski definition) is 1. The van der Waals surface area contributed by atoms with E-state index in [0.29, 0.717) is 6.10 Å². The van der Waals surface area contributed by atoms with Crippen molar-refractivity contribution in [3.8, 4) is 0 Å². The van der Waals surface area contributed by atoms with Gasteiger partial charge in [-0.05, 0) is 0 Å². The third kappa shape index (κ3) is 2.28. The Morgan fingerprint density at radius 2 is 2.31 bits per heavy atom. The summed E-state index contributed by atoms with van der Waals surface area (Å²) >= 11 is 6.95. The molecule has 0 amide bonds. The second-order valence-corrected chi connectivity index (χ2v) is 5.02. The summed E-state index contributed by atoms with van der Waals surface area (Å²) < 4.78 is 7.01. The Kier molecular flexibility index (Phi) is 3.33. The van der Waals surface area contributed by atoms with Crippen molar-refractivity contribution in [1.82, 2.24) is 0 Å². The third-order valence-corrected chi connectivity index (χ3v) is 3.61. The van der Waals surface area contributed by atoms with E-state index in [2.05, 4.69) is 12.1 Å². The number of ether oxygens (including phenoxy) is 1. The van der Waals surface area contributed by atoms with E-state index < -0.39 is 0 Å². The van der Waals surface area contributed by atoms with Crippen LogP contribution in [0.1, 0.15) is 24.5 Å². The van der Waals surface area contributed by atoms with Crippen molar-refractivity contribution < 1.29 is 4.74 Å². The molecule has 0 spiro atoms. The molecule has 2 rings (SSSR count). The number of rotatable bonds is 1. The molecule has 1 fully saturated rings. The normalized spacial score (nSPS) is 22.2. The van der Waals surface area contributed by atoms with Crippen molar-refractivity contribution in [2.24, 2.45) is 0 Å². The SMILES string of the molecule is [Na][c]1cc(Cl)ccc1C1CCCO1. The van der Waals surface area contributed by atoms with Gasteiger partial charge >= 0.3 is 101 Å². The Bertz CT molecular complexity index is 308. The van der Waals surface area contributed by atoms with Gasteiger partial charge in [-0.15, -0.1) is 0 Å². The Morgan fingerprint density at radius 3 is 2.92 bits per heavy atom. The van der Waals surface area contributed by atoms with E-state index >= 15 is 0 Å². The zero-order valence-corrected chi connectivity index (χ0v) is 10.5. The van der Waals surface area contributed by atoms with E-state index in [1.54, 1.807) is 0 Å². The zero-order chi connectivity index (χ0) is 9.26. The summed E-state index contributed by atoms with van der Waals surface area (Å²) in [5, 5.41) is 0.840. The van der Waals surface area contributed by atoms with Crippen LogP contribution in [0, 0.1) is 0 Å². The molecule has 1 aliphatic rings. The number of halogens is 1. The van der Waals surface area contributed by atoms with Gasteiger partial charge in [0, 0.05) is 0 Å². The minimum absolute atomic E-state index is 0.338. The van der Waals surface area contributed by atoms with Crippen LogP contribution in [-0.2, 0) is 4.74 Å². The van der Waals surface area contributed by atoms with Gasteiger partial charge in [-0.3, -0.25) is 0 Å². The first kappa shape index (κ1) is 10.0. The van der Waals surface area contributed by atoms with Crippen LogP contribution in [-0.4, -0.2) is 34.5 Å². The Labute approximate surface area is 101 Å². The molecule has 3 heteroatoms. The van der Waals surface area contributed by atoms with Gasteiger partial charge in [0.2, 0.25) is 0 Å². The molecule has 1 heterocycles. The number of benzene rings is 1. The molecule has 13 heavy (non-hydrogen) atoms. The molecule has 0 bridgehead atoms. The van der Waals surface area contributed by atoms with Gasteiger partial charge in [-0.2, -0.15) is 0 Å². The van der Waals surface area contributed by atoms with Crippen molar-refractivity contribution in [2.75, 3.05) is 6.61 Å². The predicted molar refractivity (Wildman–Crippen MR) is 54.8 cm³/mol. The molecule has 0 aromatic heterocycles. The second kappa shape index (κ2) is 4.33. The molecule has 0 N–H and O–H groups in total. The molecule has 0 radical (unpaired) electrons. The van der Waals surface area contributed by atoms with Crippen molar-refractivity contribution in [3.63, 3.8) is 0 Å². The van der Waals surface area contributed by atoms with Gasteiger partial charge < -0.3 is 0 Å². The van der Waals surface area contributed by atoms with Crippen LogP contribution >= 0.6 is 11.6 Å². The molecule has 0 saturated carbocycles. The molecule has 1 nitrogen and oxygen atoms in total. The van der Waals surface area contributed by atoms with Crippen LogP contribution in [0.3, 0.4) is 0 Å². The molecule has 64 valence electrons. The molecule has 1 unspecified atom stereocenters. The quantitative estimate of drug-likeness (QED) is 0.636. The Morgan fingerprint density at radius 1 is 1.46 bits per heavy atom. The standard InChI is InChI=1S/C10H10ClO.Na/c11-9-5-3-8(4-6-9)10-2-1-7-12-10;/h3,5-6,10H,1-2,7H2;. The fraction of sp³-hybridized carbons (Fsp3) is 0.400. The zero-order valence-electron chi connectivity index (χ0n) is 7.72. The van der Waals surface area contributed by atoms with Gasteiger partial charge in [-0.25, -0.2) is 0 Å². The minimum atomic E-state index is 0.338. The summed E-state index contributed by atoms with van der Waals surface area (Å²) in [6.07, 6.45) is 2.69. The van der Waals surface area contributed by atoms with Gasteiger partial charge in [0.1, 0.15) is 0 Å². The topological polar surface area (TPSA) is 9.23 Å². The Hall–Kier alpha value is 0.470. The first-order chi connectivity index (χ1) is 6.27. The summed E-state index contributed by atoms with van der Waals surface area (Å²) in [6, 6.07) is 6.13. The average molecular weight is 205 g/mol. The van der Waals surface area contributed by atoms with E-state index in [9.17, 15) is 0 Å². The first-order valence-corrected chi connectivity index (χ1v) is 6.03. The summed E-state index contributed by atoms with van der Waals surface area (Å²) in [5.41, 5.74) is 1.36. The molecular formula is C10H10ClNaO. The molecule has 1 aromatic carbocycles. The monoisotopic (exact) mass is 204 g/mol. The predicted octanol–water partition coefficient (Wildman–Crippen LogP) is 1.99. The Balaban J connectivity index is 2.29. The van der Waals surface area contributed by atoms with Crippen LogP contribution in [0.5, 0.6) is 0 Å². The van der Waals surface area contributed by atoms with Crippen LogP contribution in [0.4, 0.5) is 0 Å². The summed E-state index contributed by atoms with van der Waals surface area (Å²) in [5.74, 6) is 0. The van der Waals surface area contributed by atoms with Crippen LogP contribution in [0.25, 0.3) is 0 Å². The molecular weight excluding hydrogens is 195 g/mol. The average Bonchev–Trinajstić information content (AvgIpc) is 2.56. The molecule has 1 aliphatic heterocycles. The van der Waals surface area contributed by atoms with E-state index in [0.717, 1.165) is 46.0 Å². The van der Waals surface area contributed by atoms with Crippen molar-refractivity contribution >= 4 is 42.3 Å². The third-order valence-electron chi connectivity index (χ3n) is 2.51. The van der Waals surface area contributed by atoms with Crippen molar-refractivity contribution in [2.45, 2.75) is 18.9 Å². The fourth-order valence-electron chi connectivity index (χ4n) is 1.82. The summed E-state index contributed by atoms with van der Waals surface area (Å²) in [4.78, 5) is 0. The van der Waals surface area contributed by atoms with E-state index in [-0.39, 0.29) is 0 Å². The van der Waals surface area contributed by atoms with Gasteiger partial charge in [-0.1, -0.05) is 0 Å². The molecule has 1 saturated heterocycles. The van der Waals surface area contributed by atoms with Crippen LogP contribution in [0.2, 0.25) is 5.02 Å². The van der Waals surface area contributed by atoms with Crippen molar-refractivity contribution in [1.29, 1.82) is 0 Å². The molecule has 0 aliphatic carbocycles.